The molecule has 7 heteroatoms. The van der Waals surface area contributed by atoms with Crippen molar-refractivity contribution >= 4 is 22.9 Å². The van der Waals surface area contributed by atoms with Gasteiger partial charge in [-0.05, 0) is 40.8 Å². The van der Waals surface area contributed by atoms with Crippen LogP contribution >= 0.6 is 11.3 Å². The SMILES string of the molecule is COc1ccc(N2C(=O)c3[nH]nc(CC(C)C)c3C2c2ccsc2)cn1. The molecule has 0 fully saturated rings. The predicted molar refractivity (Wildman–Crippen MR) is 101 cm³/mol. The summed E-state index contributed by atoms with van der Waals surface area (Å²) < 4.78 is 5.14. The van der Waals surface area contributed by atoms with E-state index in [1.165, 1.54) is 0 Å². The van der Waals surface area contributed by atoms with Gasteiger partial charge < -0.3 is 4.74 Å². The van der Waals surface area contributed by atoms with Gasteiger partial charge in [-0.2, -0.15) is 16.4 Å². The minimum Gasteiger partial charge on any atom is -0.481 e. The highest BCUT2D eigenvalue weighted by atomic mass is 32.1. The largest absolute Gasteiger partial charge is 0.481 e. The van der Waals surface area contributed by atoms with Crippen molar-refractivity contribution in [2.75, 3.05) is 12.0 Å². The van der Waals surface area contributed by atoms with Crippen molar-refractivity contribution in [3.8, 4) is 5.88 Å². The number of nitrogens with one attached hydrogen (secondary N) is 1. The topological polar surface area (TPSA) is 71.1 Å². The third-order valence-corrected chi connectivity index (χ3v) is 5.22. The van der Waals surface area contributed by atoms with Crippen LogP contribution in [0, 0.1) is 5.92 Å². The van der Waals surface area contributed by atoms with Crippen LogP contribution in [0.3, 0.4) is 0 Å². The van der Waals surface area contributed by atoms with Gasteiger partial charge in [-0.3, -0.25) is 14.8 Å². The van der Waals surface area contributed by atoms with Crippen LogP contribution in [0.2, 0.25) is 0 Å². The minimum atomic E-state index is -0.188. The van der Waals surface area contributed by atoms with Gasteiger partial charge in [0.15, 0.2) is 0 Å². The highest BCUT2D eigenvalue weighted by Crippen LogP contribution is 2.43. The average Bonchev–Trinajstić information content (AvgIpc) is 3.34. The van der Waals surface area contributed by atoms with E-state index < -0.39 is 0 Å². The Bertz CT molecular complexity index is 916. The molecular formula is C19H20N4O2S. The third-order valence-electron chi connectivity index (χ3n) is 4.52. The maximum absolute atomic E-state index is 13.2. The summed E-state index contributed by atoms with van der Waals surface area (Å²) in [6, 6.07) is 5.51. The number of anilines is 1. The third kappa shape index (κ3) is 2.68. The number of rotatable bonds is 5. The number of methoxy groups -OCH3 is 1. The Morgan fingerprint density at radius 1 is 1.35 bits per heavy atom. The van der Waals surface area contributed by atoms with Crippen molar-refractivity contribution in [1.29, 1.82) is 0 Å². The molecule has 134 valence electrons. The lowest BCUT2D eigenvalue weighted by Crippen LogP contribution is -2.29. The van der Waals surface area contributed by atoms with Crippen LogP contribution < -0.4 is 9.64 Å². The van der Waals surface area contributed by atoms with Crippen LogP contribution in [0.4, 0.5) is 5.69 Å². The van der Waals surface area contributed by atoms with Crippen LogP contribution in [-0.4, -0.2) is 28.2 Å². The second kappa shape index (κ2) is 6.57. The molecule has 4 rings (SSSR count). The summed E-state index contributed by atoms with van der Waals surface area (Å²) in [5.41, 5.74) is 4.35. The van der Waals surface area contributed by atoms with Gasteiger partial charge in [0.25, 0.3) is 5.91 Å². The number of pyridine rings is 1. The van der Waals surface area contributed by atoms with Crippen molar-refractivity contribution in [3.63, 3.8) is 0 Å². The highest BCUT2D eigenvalue weighted by molar-refractivity contribution is 7.08. The molecule has 1 unspecified atom stereocenters. The van der Waals surface area contributed by atoms with Gasteiger partial charge in [0.1, 0.15) is 5.69 Å². The Hall–Kier alpha value is -2.67. The van der Waals surface area contributed by atoms with Crippen LogP contribution in [0.15, 0.2) is 35.2 Å². The van der Waals surface area contributed by atoms with E-state index in [0.29, 0.717) is 17.5 Å². The number of aromatic nitrogens is 3. The second-order valence-electron chi connectivity index (χ2n) is 6.75. The lowest BCUT2D eigenvalue weighted by atomic mass is 9.97. The van der Waals surface area contributed by atoms with Crippen molar-refractivity contribution in [2.45, 2.75) is 26.3 Å². The number of amides is 1. The van der Waals surface area contributed by atoms with E-state index in [0.717, 1.165) is 28.9 Å². The Balaban J connectivity index is 1.83. The molecule has 1 atom stereocenters. The monoisotopic (exact) mass is 368 g/mol. The number of ether oxygens (including phenoxy) is 1. The number of nitrogens with zero attached hydrogens (tertiary/aromatic N) is 3. The van der Waals surface area contributed by atoms with Gasteiger partial charge in [-0.15, -0.1) is 0 Å². The average molecular weight is 368 g/mol. The number of aromatic amines is 1. The zero-order valence-corrected chi connectivity index (χ0v) is 15.7. The molecule has 0 aliphatic carbocycles. The van der Waals surface area contributed by atoms with Crippen LogP contribution in [-0.2, 0) is 6.42 Å². The molecular weight excluding hydrogens is 348 g/mol. The zero-order chi connectivity index (χ0) is 18.3. The second-order valence-corrected chi connectivity index (χ2v) is 7.53. The molecule has 0 saturated carbocycles. The molecule has 26 heavy (non-hydrogen) atoms. The molecule has 1 aliphatic heterocycles. The molecule has 1 aliphatic rings. The molecule has 4 heterocycles. The van der Waals surface area contributed by atoms with Crippen LogP contribution in [0.25, 0.3) is 0 Å². The number of thiophene rings is 1. The van der Waals surface area contributed by atoms with E-state index in [4.69, 9.17) is 4.74 Å². The Morgan fingerprint density at radius 2 is 2.19 bits per heavy atom. The minimum absolute atomic E-state index is 0.0781. The number of hydrogen-bond acceptors (Lipinski definition) is 5. The summed E-state index contributed by atoms with van der Waals surface area (Å²) in [5.74, 6) is 0.899. The quantitative estimate of drug-likeness (QED) is 0.743. The fourth-order valence-electron chi connectivity index (χ4n) is 3.40. The molecule has 0 aromatic carbocycles. The first kappa shape index (κ1) is 16.8. The number of hydrogen-bond donors (Lipinski definition) is 1. The molecule has 3 aromatic heterocycles. The van der Waals surface area contributed by atoms with Crippen molar-refractivity contribution < 1.29 is 9.53 Å². The molecule has 1 amide bonds. The Kier molecular flexibility index (Phi) is 4.24. The first-order valence-electron chi connectivity index (χ1n) is 8.53. The van der Waals surface area contributed by atoms with Crippen LogP contribution in [0.5, 0.6) is 5.88 Å². The predicted octanol–water partition coefficient (Wildman–Crippen LogP) is 3.82. The fraction of sp³-hybridized carbons (Fsp3) is 0.316. The van der Waals surface area contributed by atoms with Gasteiger partial charge in [0.05, 0.1) is 30.7 Å². The zero-order valence-electron chi connectivity index (χ0n) is 14.9. The van der Waals surface area contributed by atoms with E-state index >= 15 is 0 Å². The number of carbonyl (C=O) groups excluding carboxylic acids is 1. The molecule has 0 spiro atoms. The number of carbonyl (C=O) groups is 1. The molecule has 6 nitrogen and oxygen atoms in total. The lowest BCUT2D eigenvalue weighted by Gasteiger charge is -2.25. The van der Waals surface area contributed by atoms with Gasteiger partial charge in [0, 0.05) is 11.6 Å². The first-order valence-corrected chi connectivity index (χ1v) is 9.47. The highest BCUT2D eigenvalue weighted by Gasteiger charge is 2.43. The standard InChI is InChI=1S/C19H20N4O2S/c1-11(2)8-14-16-17(22-21-14)19(24)23(18(16)12-6-7-26-10-12)13-4-5-15(25-3)20-9-13/h4-7,9-11,18H,8H2,1-3H3,(H,21,22). The summed E-state index contributed by atoms with van der Waals surface area (Å²) >= 11 is 1.62. The molecule has 1 N–H and O–H groups in total. The smallest absolute Gasteiger partial charge is 0.277 e. The summed E-state index contributed by atoms with van der Waals surface area (Å²) in [6.45, 7) is 4.31. The lowest BCUT2D eigenvalue weighted by molar-refractivity contribution is 0.0988. The molecule has 0 radical (unpaired) electrons. The van der Waals surface area contributed by atoms with E-state index in [1.54, 1.807) is 35.6 Å². The number of H-pyrrole nitrogens is 1. The normalized spacial score (nSPS) is 16.4. The van der Waals surface area contributed by atoms with Crippen LogP contribution in [0.1, 0.15) is 47.2 Å². The number of fused-ring (bicyclic) bond motifs is 1. The summed E-state index contributed by atoms with van der Waals surface area (Å²) in [4.78, 5) is 19.2. The van der Waals surface area contributed by atoms with Gasteiger partial charge in [-0.25, -0.2) is 4.98 Å². The fourth-order valence-corrected chi connectivity index (χ4v) is 4.08. The Morgan fingerprint density at radius 3 is 2.81 bits per heavy atom. The van der Waals surface area contributed by atoms with E-state index in [-0.39, 0.29) is 11.9 Å². The van der Waals surface area contributed by atoms with Gasteiger partial charge >= 0.3 is 0 Å². The Labute approximate surface area is 155 Å². The molecule has 3 aromatic rings. The van der Waals surface area contributed by atoms with E-state index in [2.05, 4.69) is 40.5 Å². The van der Waals surface area contributed by atoms with E-state index in [9.17, 15) is 4.79 Å². The summed E-state index contributed by atoms with van der Waals surface area (Å²) in [5, 5.41) is 11.5. The van der Waals surface area contributed by atoms with Gasteiger partial charge in [-0.1, -0.05) is 13.8 Å². The maximum atomic E-state index is 13.2. The van der Waals surface area contributed by atoms with Crippen molar-refractivity contribution in [1.82, 2.24) is 15.2 Å². The van der Waals surface area contributed by atoms with Crippen molar-refractivity contribution in [2.24, 2.45) is 5.92 Å². The van der Waals surface area contributed by atoms with E-state index in [1.807, 2.05) is 11.4 Å². The van der Waals surface area contributed by atoms with Crippen molar-refractivity contribution in [3.05, 3.63) is 57.7 Å². The first-order chi connectivity index (χ1) is 12.6. The summed E-state index contributed by atoms with van der Waals surface area (Å²) in [7, 11) is 1.58. The van der Waals surface area contributed by atoms with Gasteiger partial charge in [0.2, 0.25) is 5.88 Å². The molecule has 0 bridgehead atoms. The summed E-state index contributed by atoms with van der Waals surface area (Å²) in [6.07, 6.45) is 2.51. The maximum Gasteiger partial charge on any atom is 0.277 e. The molecule has 0 saturated heterocycles.